The van der Waals surface area contributed by atoms with Crippen LogP contribution in [-0.2, 0) is 23.8 Å². The quantitative estimate of drug-likeness (QED) is 0.261. The third-order valence-corrected chi connectivity index (χ3v) is 4.73. The molecule has 12 heteroatoms. The van der Waals surface area contributed by atoms with E-state index in [1.165, 1.54) is 12.3 Å². The van der Waals surface area contributed by atoms with Crippen LogP contribution in [-0.4, -0.2) is 52.5 Å². The van der Waals surface area contributed by atoms with Crippen molar-refractivity contribution in [2.24, 2.45) is 17.0 Å². The molecule has 0 unspecified atom stereocenters. The molecule has 4 atom stereocenters. The molecule has 2 rings (SSSR count). The first-order valence-electron chi connectivity index (χ1n) is 9.78. The molecule has 0 saturated carbocycles. The molecule has 0 N–H and O–H groups in total. The molecule has 2 heterocycles. The fourth-order valence-corrected chi connectivity index (χ4v) is 2.95. The predicted molar refractivity (Wildman–Crippen MR) is 106 cm³/mol. The average molecular weight is 439 g/mol. The Morgan fingerprint density at radius 2 is 2.00 bits per heavy atom. The summed E-state index contributed by atoms with van der Waals surface area (Å²) in [6, 6.07) is 1.48. The van der Waals surface area contributed by atoms with Gasteiger partial charge in [0, 0.05) is 16.8 Å². The molecular weight excluding hydrogens is 413 g/mol. The topological polar surface area (TPSA) is 145 Å². The summed E-state index contributed by atoms with van der Waals surface area (Å²) in [5, 5.41) is 3.45. The molecule has 0 aromatic carbocycles. The molecule has 1 fully saturated rings. The monoisotopic (exact) mass is 439 g/mol. The molecule has 31 heavy (non-hydrogen) atoms. The second kappa shape index (κ2) is 9.88. The van der Waals surface area contributed by atoms with Crippen molar-refractivity contribution < 1.29 is 28.2 Å². The summed E-state index contributed by atoms with van der Waals surface area (Å²) in [6.45, 7) is 6.87. The Morgan fingerprint density at radius 3 is 2.55 bits per heavy atom. The normalized spacial score (nSPS) is 25.4. The van der Waals surface area contributed by atoms with Crippen molar-refractivity contribution in [1.82, 2.24) is 9.55 Å². The first-order chi connectivity index (χ1) is 14.5. The highest BCUT2D eigenvalue weighted by atomic mass is 19.1. The summed E-state index contributed by atoms with van der Waals surface area (Å²) < 4.78 is 32.9. The zero-order valence-corrected chi connectivity index (χ0v) is 18.0. The molecule has 11 nitrogen and oxygen atoms in total. The molecule has 0 radical (unpaired) electrons. The van der Waals surface area contributed by atoms with Crippen molar-refractivity contribution >= 4 is 11.9 Å². The number of rotatable bonds is 8. The SMILES string of the molecule is Cc1ccn([C@@H]2O[C@](CN=[N+]=[N-])(COC(=O)C(C)C)[C@@H](OC(=O)C(C)C)[C@H]2F)c(=O)n1. The highest BCUT2D eigenvalue weighted by Crippen LogP contribution is 2.41. The van der Waals surface area contributed by atoms with Crippen molar-refractivity contribution in [3.05, 3.63) is 38.9 Å². The minimum Gasteiger partial charge on any atom is -0.462 e. The Morgan fingerprint density at radius 1 is 1.35 bits per heavy atom. The van der Waals surface area contributed by atoms with E-state index in [9.17, 15) is 14.4 Å². The van der Waals surface area contributed by atoms with Gasteiger partial charge in [0.2, 0.25) is 0 Å². The molecule has 0 aliphatic carbocycles. The van der Waals surface area contributed by atoms with Crippen molar-refractivity contribution in [3.8, 4) is 0 Å². The van der Waals surface area contributed by atoms with Crippen molar-refractivity contribution in [2.75, 3.05) is 13.2 Å². The number of ether oxygens (including phenoxy) is 3. The van der Waals surface area contributed by atoms with E-state index in [1.807, 2.05) is 0 Å². The fourth-order valence-electron chi connectivity index (χ4n) is 2.95. The van der Waals surface area contributed by atoms with Gasteiger partial charge in [0.25, 0.3) is 0 Å². The summed E-state index contributed by atoms with van der Waals surface area (Å²) in [6.07, 6.45) is -3.88. The van der Waals surface area contributed by atoms with Crippen LogP contribution in [0, 0.1) is 18.8 Å². The van der Waals surface area contributed by atoms with Crippen LogP contribution < -0.4 is 5.69 Å². The van der Waals surface area contributed by atoms with Crippen molar-refractivity contribution in [1.29, 1.82) is 0 Å². The molecule has 170 valence electrons. The number of halogens is 1. The van der Waals surface area contributed by atoms with Crippen molar-refractivity contribution in [3.63, 3.8) is 0 Å². The van der Waals surface area contributed by atoms with Crippen LogP contribution in [0.1, 0.15) is 39.6 Å². The average Bonchev–Trinajstić information content (AvgIpc) is 2.96. The summed E-state index contributed by atoms with van der Waals surface area (Å²) >= 11 is 0. The van der Waals surface area contributed by atoms with Gasteiger partial charge in [-0.05, 0) is 18.5 Å². The molecule has 0 amide bonds. The lowest BCUT2D eigenvalue weighted by Gasteiger charge is -2.32. The largest absolute Gasteiger partial charge is 0.462 e. The molecule has 1 aliphatic heterocycles. The van der Waals surface area contributed by atoms with E-state index in [2.05, 4.69) is 15.0 Å². The second-order valence-corrected chi connectivity index (χ2v) is 7.94. The van der Waals surface area contributed by atoms with Gasteiger partial charge in [-0.1, -0.05) is 32.8 Å². The van der Waals surface area contributed by atoms with Gasteiger partial charge in [-0.25, -0.2) is 9.18 Å². The number of carbonyl (C=O) groups excluding carboxylic acids is 2. The number of hydrogen-bond acceptors (Lipinski definition) is 8. The summed E-state index contributed by atoms with van der Waals surface area (Å²) in [5.41, 5.74) is 6.62. The number of nitrogens with zero attached hydrogens (tertiary/aromatic N) is 5. The van der Waals surface area contributed by atoms with Gasteiger partial charge in [-0.3, -0.25) is 14.2 Å². The third-order valence-electron chi connectivity index (χ3n) is 4.73. The molecule has 1 aromatic rings. The van der Waals surface area contributed by atoms with E-state index in [-0.39, 0.29) is 0 Å². The van der Waals surface area contributed by atoms with E-state index in [0.717, 1.165) is 4.57 Å². The van der Waals surface area contributed by atoms with Gasteiger partial charge >= 0.3 is 17.6 Å². The van der Waals surface area contributed by atoms with E-state index >= 15 is 4.39 Å². The number of alkyl halides is 1. The maximum absolute atomic E-state index is 15.6. The van der Waals surface area contributed by atoms with Crippen LogP contribution in [0.3, 0.4) is 0 Å². The fraction of sp³-hybridized carbons (Fsp3) is 0.684. The van der Waals surface area contributed by atoms with Crippen LogP contribution in [0.15, 0.2) is 22.2 Å². The number of hydrogen-bond donors (Lipinski definition) is 0. The van der Waals surface area contributed by atoms with Gasteiger partial charge in [0.1, 0.15) is 6.61 Å². The first-order valence-corrected chi connectivity index (χ1v) is 9.78. The molecule has 1 saturated heterocycles. The van der Waals surface area contributed by atoms with Crippen LogP contribution in [0.5, 0.6) is 0 Å². The maximum atomic E-state index is 15.6. The van der Waals surface area contributed by atoms with Crippen LogP contribution in [0.25, 0.3) is 10.4 Å². The summed E-state index contributed by atoms with van der Waals surface area (Å²) in [5.74, 6) is -2.42. The highest BCUT2D eigenvalue weighted by molar-refractivity contribution is 5.72. The van der Waals surface area contributed by atoms with Gasteiger partial charge in [0.15, 0.2) is 24.1 Å². The Labute approximate surface area is 178 Å². The Balaban J connectivity index is 2.51. The lowest BCUT2D eigenvalue weighted by molar-refractivity contribution is -0.179. The molecule has 0 spiro atoms. The van der Waals surface area contributed by atoms with E-state index in [1.54, 1.807) is 34.6 Å². The van der Waals surface area contributed by atoms with E-state index in [0.29, 0.717) is 5.69 Å². The Hall–Kier alpha value is -2.98. The maximum Gasteiger partial charge on any atom is 0.349 e. The zero-order valence-electron chi connectivity index (χ0n) is 18.0. The van der Waals surface area contributed by atoms with E-state index in [4.69, 9.17) is 19.7 Å². The smallest absolute Gasteiger partial charge is 0.349 e. The third kappa shape index (κ3) is 5.39. The lowest BCUT2D eigenvalue weighted by Crippen LogP contribution is -2.52. The number of aryl methyl sites for hydroxylation is 1. The van der Waals surface area contributed by atoms with E-state index < -0.39 is 66.7 Å². The van der Waals surface area contributed by atoms with Gasteiger partial charge in [0.05, 0.1) is 18.4 Å². The highest BCUT2D eigenvalue weighted by Gasteiger charge is 2.59. The van der Waals surface area contributed by atoms with Gasteiger partial charge in [-0.2, -0.15) is 4.98 Å². The summed E-state index contributed by atoms with van der Waals surface area (Å²) in [4.78, 5) is 43.0. The van der Waals surface area contributed by atoms with Crippen LogP contribution in [0.4, 0.5) is 4.39 Å². The Kier molecular flexibility index (Phi) is 7.75. The minimum atomic E-state index is -2.03. The Bertz CT molecular complexity index is 929. The molecule has 1 aromatic heterocycles. The predicted octanol–water partition coefficient (Wildman–Crippen LogP) is 2.23. The number of esters is 2. The lowest BCUT2D eigenvalue weighted by atomic mass is 9.96. The molecular formula is C19H26FN5O6. The number of carbonyl (C=O) groups is 2. The molecule has 1 aliphatic rings. The number of azide groups is 1. The minimum absolute atomic E-state index is 0.420. The zero-order chi connectivity index (χ0) is 23.3. The second-order valence-electron chi connectivity index (χ2n) is 7.94. The first kappa shape index (κ1) is 24.3. The standard InChI is InChI=1S/C19H26FN5O6/c1-10(2)16(26)29-9-19(8-22-24-21)14(30-17(27)11(3)4)13(20)15(31-19)25-7-6-12(5)23-18(25)28/h6-7,10-11,13-15H,8-9H2,1-5H3/t13-,14+,15-,19-/m1/s1. The number of aromatic nitrogens is 2. The van der Waals surface area contributed by atoms with Crippen molar-refractivity contribution in [2.45, 2.75) is 58.7 Å². The molecule has 0 bridgehead atoms. The van der Waals surface area contributed by atoms with Gasteiger partial charge in [-0.15, -0.1) is 0 Å². The van der Waals surface area contributed by atoms with Gasteiger partial charge < -0.3 is 14.2 Å². The summed E-state index contributed by atoms with van der Waals surface area (Å²) in [7, 11) is 0. The van der Waals surface area contributed by atoms with Crippen LogP contribution >= 0.6 is 0 Å². The van der Waals surface area contributed by atoms with Crippen LogP contribution in [0.2, 0.25) is 0 Å².